The first-order valence-corrected chi connectivity index (χ1v) is 8.35. The molecule has 1 saturated carbocycles. The molecule has 0 bridgehead atoms. The van der Waals surface area contributed by atoms with Gasteiger partial charge in [0, 0.05) is 31.4 Å². The number of aromatic nitrogens is 5. The van der Waals surface area contributed by atoms with E-state index in [0.717, 1.165) is 11.6 Å². The lowest BCUT2D eigenvalue weighted by atomic mass is 9.85. The molecule has 0 unspecified atom stereocenters. The van der Waals surface area contributed by atoms with Crippen LogP contribution in [0.15, 0.2) is 42.7 Å². The van der Waals surface area contributed by atoms with E-state index in [-0.39, 0.29) is 0 Å². The zero-order valence-corrected chi connectivity index (χ0v) is 14.0. The molecule has 1 aromatic carbocycles. The number of ether oxygens (including phenoxy) is 2. The lowest BCUT2D eigenvalue weighted by Crippen LogP contribution is -2.15. The largest absolute Gasteiger partial charge is 0.485 e. The molecule has 0 atom stereocenters. The second-order valence-electron chi connectivity index (χ2n) is 6.06. The quantitative estimate of drug-likeness (QED) is 0.687. The Labute approximate surface area is 145 Å². The third-order valence-corrected chi connectivity index (χ3v) is 4.39. The van der Waals surface area contributed by atoms with Gasteiger partial charge < -0.3 is 14.0 Å². The van der Waals surface area contributed by atoms with E-state index in [1.807, 2.05) is 29.8 Å². The highest BCUT2D eigenvalue weighted by molar-refractivity contribution is 5.34. The van der Waals surface area contributed by atoms with Gasteiger partial charge in [-0.2, -0.15) is 0 Å². The van der Waals surface area contributed by atoms with Crippen molar-refractivity contribution in [3.63, 3.8) is 0 Å². The smallest absolute Gasteiger partial charge is 0.321 e. The van der Waals surface area contributed by atoms with Gasteiger partial charge in [-0.1, -0.05) is 12.5 Å². The molecule has 25 heavy (non-hydrogen) atoms. The summed E-state index contributed by atoms with van der Waals surface area (Å²) >= 11 is 0. The van der Waals surface area contributed by atoms with E-state index in [4.69, 9.17) is 9.47 Å². The van der Waals surface area contributed by atoms with Gasteiger partial charge in [-0.15, -0.1) is 10.2 Å². The van der Waals surface area contributed by atoms with Gasteiger partial charge in [-0.25, -0.2) is 9.97 Å². The van der Waals surface area contributed by atoms with Gasteiger partial charge >= 0.3 is 6.01 Å². The Balaban J connectivity index is 1.41. The van der Waals surface area contributed by atoms with Crippen LogP contribution in [-0.2, 0) is 13.7 Å². The van der Waals surface area contributed by atoms with Crippen molar-refractivity contribution in [1.82, 2.24) is 24.7 Å². The minimum atomic E-state index is 0.304. The zero-order chi connectivity index (χ0) is 17.1. The Kier molecular flexibility index (Phi) is 4.28. The van der Waals surface area contributed by atoms with Crippen LogP contribution < -0.4 is 9.47 Å². The minimum absolute atomic E-state index is 0.304. The van der Waals surface area contributed by atoms with Crippen LogP contribution in [0.5, 0.6) is 17.5 Å². The topological polar surface area (TPSA) is 75.0 Å². The predicted molar refractivity (Wildman–Crippen MR) is 90.5 cm³/mol. The van der Waals surface area contributed by atoms with E-state index in [1.54, 1.807) is 24.5 Å². The SMILES string of the molecule is Cn1c(COc2cccc(Oc3ncccn3)c2)nnc1C1CCC1. The van der Waals surface area contributed by atoms with Crippen molar-refractivity contribution in [2.24, 2.45) is 7.05 Å². The summed E-state index contributed by atoms with van der Waals surface area (Å²) in [5, 5.41) is 8.58. The van der Waals surface area contributed by atoms with Crippen molar-refractivity contribution < 1.29 is 9.47 Å². The molecule has 3 aromatic rings. The molecule has 2 aromatic heterocycles. The Morgan fingerprint density at radius 3 is 2.64 bits per heavy atom. The van der Waals surface area contributed by atoms with Crippen LogP contribution in [0.3, 0.4) is 0 Å². The van der Waals surface area contributed by atoms with Crippen LogP contribution in [0, 0.1) is 0 Å². The first kappa shape index (κ1) is 15.6. The van der Waals surface area contributed by atoms with Crippen LogP contribution in [0.1, 0.15) is 36.8 Å². The molecule has 0 amide bonds. The average molecular weight is 337 g/mol. The second-order valence-corrected chi connectivity index (χ2v) is 6.06. The van der Waals surface area contributed by atoms with Crippen molar-refractivity contribution >= 4 is 0 Å². The van der Waals surface area contributed by atoms with Gasteiger partial charge in [0.05, 0.1) is 0 Å². The summed E-state index contributed by atoms with van der Waals surface area (Å²) in [5.74, 6) is 3.75. The van der Waals surface area contributed by atoms with Crippen molar-refractivity contribution in [3.8, 4) is 17.5 Å². The molecule has 2 heterocycles. The van der Waals surface area contributed by atoms with Crippen LogP contribution in [-0.4, -0.2) is 24.7 Å². The van der Waals surface area contributed by atoms with E-state index in [1.165, 1.54) is 19.3 Å². The molecule has 0 aliphatic heterocycles. The monoisotopic (exact) mass is 337 g/mol. The molecule has 7 nitrogen and oxygen atoms in total. The zero-order valence-electron chi connectivity index (χ0n) is 14.0. The maximum atomic E-state index is 5.85. The molecule has 1 fully saturated rings. The molecule has 1 aliphatic carbocycles. The summed E-state index contributed by atoms with van der Waals surface area (Å²) < 4.78 is 13.5. The molecular weight excluding hydrogens is 318 g/mol. The Bertz CT molecular complexity index is 846. The maximum absolute atomic E-state index is 5.85. The fourth-order valence-corrected chi connectivity index (χ4v) is 2.74. The number of rotatable bonds is 6. The van der Waals surface area contributed by atoms with Gasteiger partial charge in [-0.3, -0.25) is 0 Å². The summed E-state index contributed by atoms with van der Waals surface area (Å²) in [7, 11) is 2.00. The van der Waals surface area contributed by atoms with Gasteiger partial charge in [0.25, 0.3) is 0 Å². The van der Waals surface area contributed by atoms with E-state index in [2.05, 4.69) is 20.2 Å². The highest BCUT2D eigenvalue weighted by atomic mass is 16.5. The van der Waals surface area contributed by atoms with Crippen molar-refractivity contribution in [1.29, 1.82) is 0 Å². The third-order valence-electron chi connectivity index (χ3n) is 4.39. The van der Waals surface area contributed by atoms with Gasteiger partial charge in [0.1, 0.15) is 23.9 Å². The maximum Gasteiger partial charge on any atom is 0.321 e. The first-order chi connectivity index (χ1) is 12.3. The number of hydrogen-bond acceptors (Lipinski definition) is 6. The number of hydrogen-bond donors (Lipinski definition) is 0. The van der Waals surface area contributed by atoms with Crippen LogP contribution in [0.2, 0.25) is 0 Å². The van der Waals surface area contributed by atoms with Crippen LogP contribution >= 0.6 is 0 Å². The normalized spacial score (nSPS) is 14.1. The van der Waals surface area contributed by atoms with Gasteiger partial charge in [0.15, 0.2) is 5.82 Å². The minimum Gasteiger partial charge on any atom is -0.485 e. The second kappa shape index (κ2) is 6.88. The summed E-state index contributed by atoms with van der Waals surface area (Å²) in [6, 6.07) is 9.43. The third kappa shape index (κ3) is 3.45. The average Bonchev–Trinajstić information content (AvgIpc) is 2.94. The fourth-order valence-electron chi connectivity index (χ4n) is 2.74. The highest BCUT2D eigenvalue weighted by Gasteiger charge is 2.25. The van der Waals surface area contributed by atoms with Crippen molar-refractivity contribution in [2.75, 3.05) is 0 Å². The summed E-state index contributed by atoms with van der Waals surface area (Å²) in [5.41, 5.74) is 0. The summed E-state index contributed by atoms with van der Waals surface area (Å²) in [6.07, 6.45) is 6.95. The number of nitrogens with zero attached hydrogens (tertiary/aromatic N) is 5. The molecular formula is C18H19N5O2. The molecule has 128 valence electrons. The van der Waals surface area contributed by atoms with E-state index < -0.39 is 0 Å². The fraction of sp³-hybridized carbons (Fsp3) is 0.333. The summed E-state index contributed by atoms with van der Waals surface area (Å²) in [6.45, 7) is 0.363. The first-order valence-electron chi connectivity index (χ1n) is 8.35. The molecule has 7 heteroatoms. The lowest BCUT2D eigenvalue weighted by Gasteiger charge is -2.24. The van der Waals surface area contributed by atoms with E-state index in [0.29, 0.717) is 30.0 Å². The highest BCUT2D eigenvalue weighted by Crippen LogP contribution is 2.35. The van der Waals surface area contributed by atoms with Crippen molar-refractivity contribution in [3.05, 3.63) is 54.4 Å². The molecule has 4 rings (SSSR count). The Morgan fingerprint density at radius 1 is 1.08 bits per heavy atom. The summed E-state index contributed by atoms with van der Waals surface area (Å²) in [4.78, 5) is 8.09. The molecule has 0 N–H and O–H groups in total. The van der Waals surface area contributed by atoms with E-state index in [9.17, 15) is 0 Å². The lowest BCUT2D eigenvalue weighted by molar-refractivity contribution is 0.288. The number of benzene rings is 1. The van der Waals surface area contributed by atoms with E-state index >= 15 is 0 Å². The Morgan fingerprint density at radius 2 is 1.88 bits per heavy atom. The molecule has 0 radical (unpaired) electrons. The van der Waals surface area contributed by atoms with Gasteiger partial charge in [-0.05, 0) is 31.0 Å². The predicted octanol–water partition coefficient (Wildman–Crippen LogP) is 3.24. The standard InChI is InChI=1S/C18H19N5O2/c1-23-16(21-22-17(23)13-5-2-6-13)12-24-14-7-3-8-15(11-14)25-18-19-9-4-10-20-18/h3-4,7-11,13H,2,5-6,12H2,1H3. The van der Waals surface area contributed by atoms with Crippen LogP contribution in [0.25, 0.3) is 0 Å². The van der Waals surface area contributed by atoms with Crippen LogP contribution in [0.4, 0.5) is 0 Å². The van der Waals surface area contributed by atoms with Crippen molar-refractivity contribution in [2.45, 2.75) is 31.8 Å². The molecule has 0 saturated heterocycles. The molecule has 1 aliphatic rings. The molecule has 0 spiro atoms. The Hall–Kier alpha value is -2.96. The van der Waals surface area contributed by atoms with Gasteiger partial charge in [0.2, 0.25) is 0 Å².